The molecule has 0 atom stereocenters. The maximum absolute atomic E-state index is 12.1. The second-order valence-corrected chi connectivity index (χ2v) is 7.34. The lowest BCUT2D eigenvalue weighted by molar-refractivity contribution is -0.118. The number of benzene rings is 2. The SMILES string of the molecule is O=C(CNc1ccccc1Cc1ccccc1)NC(=O)NCCc1cccs1. The fourth-order valence-electron chi connectivity index (χ4n) is 2.81. The highest BCUT2D eigenvalue weighted by atomic mass is 32.1. The Hall–Kier alpha value is -3.12. The van der Waals surface area contributed by atoms with Gasteiger partial charge in [0.05, 0.1) is 6.54 Å². The standard InChI is InChI=1S/C22H23N3O2S/c26-21(25-22(27)23-13-12-19-10-6-14-28-19)16-24-20-11-5-4-9-18(20)15-17-7-2-1-3-8-17/h1-11,14,24H,12-13,15-16H2,(H2,23,25,26,27). The van der Waals surface area contributed by atoms with Gasteiger partial charge in [0.15, 0.2) is 0 Å². The summed E-state index contributed by atoms with van der Waals surface area (Å²) in [6, 6.07) is 21.6. The molecule has 0 aliphatic rings. The van der Waals surface area contributed by atoms with Crippen molar-refractivity contribution in [2.45, 2.75) is 12.8 Å². The van der Waals surface area contributed by atoms with E-state index in [4.69, 9.17) is 0 Å². The van der Waals surface area contributed by atoms with Crippen LogP contribution < -0.4 is 16.0 Å². The molecule has 5 nitrogen and oxygen atoms in total. The van der Waals surface area contributed by atoms with E-state index in [2.05, 4.69) is 28.1 Å². The molecule has 0 fully saturated rings. The Kier molecular flexibility index (Phi) is 7.21. The largest absolute Gasteiger partial charge is 0.376 e. The van der Waals surface area contributed by atoms with E-state index in [0.29, 0.717) is 6.54 Å². The van der Waals surface area contributed by atoms with Crippen LogP contribution in [0, 0.1) is 0 Å². The lowest BCUT2D eigenvalue weighted by Gasteiger charge is -2.12. The fraction of sp³-hybridized carbons (Fsp3) is 0.182. The Balaban J connectivity index is 1.44. The molecule has 3 N–H and O–H groups in total. The number of anilines is 1. The first-order chi connectivity index (χ1) is 13.7. The van der Waals surface area contributed by atoms with Gasteiger partial charge in [0, 0.05) is 17.1 Å². The number of hydrogen-bond acceptors (Lipinski definition) is 4. The number of amides is 3. The predicted molar refractivity (Wildman–Crippen MR) is 114 cm³/mol. The minimum atomic E-state index is -0.471. The van der Waals surface area contributed by atoms with Gasteiger partial charge in [-0.05, 0) is 41.5 Å². The van der Waals surface area contributed by atoms with Crippen molar-refractivity contribution in [2.24, 2.45) is 0 Å². The molecular formula is C22H23N3O2S. The molecule has 0 bridgehead atoms. The zero-order chi connectivity index (χ0) is 19.6. The van der Waals surface area contributed by atoms with E-state index in [9.17, 15) is 9.59 Å². The molecule has 2 aromatic carbocycles. The number of nitrogens with one attached hydrogen (secondary N) is 3. The van der Waals surface area contributed by atoms with Crippen molar-refractivity contribution >= 4 is 29.0 Å². The summed E-state index contributed by atoms with van der Waals surface area (Å²) in [5, 5.41) is 10.2. The lowest BCUT2D eigenvalue weighted by atomic mass is 10.0. The van der Waals surface area contributed by atoms with E-state index < -0.39 is 6.03 Å². The smallest absolute Gasteiger partial charge is 0.321 e. The van der Waals surface area contributed by atoms with Gasteiger partial charge in [-0.15, -0.1) is 11.3 Å². The molecular weight excluding hydrogens is 370 g/mol. The molecule has 6 heteroatoms. The van der Waals surface area contributed by atoms with Gasteiger partial charge in [-0.1, -0.05) is 54.6 Å². The van der Waals surface area contributed by atoms with Crippen LogP contribution in [0.2, 0.25) is 0 Å². The summed E-state index contributed by atoms with van der Waals surface area (Å²) in [6.45, 7) is 0.525. The topological polar surface area (TPSA) is 70.2 Å². The first kappa shape index (κ1) is 19.6. The van der Waals surface area contributed by atoms with Gasteiger partial charge in [-0.2, -0.15) is 0 Å². The van der Waals surface area contributed by atoms with Crippen LogP contribution in [0.5, 0.6) is 0 Å². The molecule has 3 amide bonds. The molecule has 0 saturated carbocycles. The predicted octanol–water partition coefficient (Wildman–Crippen LogP) is 3.82. The lowest BCUT2D eigenvalue weighted by Crippen LogP contribution is -2.42. The van der Waals surface area contributed by atoms with E-state index in [1.54, 1.807) is 11.3 Å². The summed E-state index contributed by atoms with van der Waals surface area (Å²) in [4.78, 5) is 25.1. The summed E-state index contributed by atoms with van der Waals surface area (Å²) >= 11 is 1.65. The van der Waals surface area contributed by atoms with Gasteiger partial charge in [-0.3, -0.25) is 10.1 Å². The Morgan fingerprint density at radius 3 is 2.46 bits per heavy atom. The number of hydrogen-bond donors (Lipinski definition) is 3. The van der Waals surface area contributed by atoms with Crippen LogP contribution in [0.25, 0.3) is 0 Å². The Morgan fingerprint density at radius 1 is 0.893 bits per heavy atom. The summed E-state index contributed by atoms with van der Waals surface area (Å²) in [7, 11) is 0. The van der Waals surface area contributed by atoms with Crippen molar-refractivity contribution in [3.05, 3.63) is 88.1 Å². The van der Waals surface area contributed by atoms with E-state index in [1.807, 2.05) is 60.0 Å². The Labute approximate surface area is 168 Å². The van der Waals surface area contributed by atoms with Crippen LogP contribution in [0.4, 0.5) is 10.5 Å². The molecule has 144 valence electrons. The third-order valence-electron chi connectivity index (χ3n) is 4.18. The molecule has 0 unspecified atom stereocenters. The zero-order valence-electron chi connectivity index (χ0n) is 15.5. The number of imide groups is 1. The summed E-state index contributed by atoms with van der Waals surface area (Å²) in [5.41, 5.74) is 3.19. The monoisotopic (exact) mass is 393 g/mol. The Bertz CT molecular complexity index is 895. The van der Waals surface area contributed by atoms with E-state index >= 15 is 0 Å². The first-order valence-corrected chi connectivity index (χ1v) is 10.0. The summed E-state index contributed by atoms with van der Waals surface area (Å²) in [5.74, 6) is -0.372. The average Bonchev–Trinajstić information content (AvgIpc) is 3.21. The van der Waals surface area contributed by atoms with Gasteiger partial charge in [0.25, 0.3) is 0 Å². The highest BCUT2D eigenvalue weighted by molar-refractivity contribution is 7.09. The highest BCUT2D eigenvalue weighted by Gasteiger charge is 2.09. The third-order valence-corrected chi connectivity index (χ3v) is 5.12. The Morgan fingerprint density at radius 2 is 1.68 bits per heavy atom. The van der Waals surface area contributed by atoms with Crippen LogP contribution >= 0.6 is 11.3 Å². The summed E-state index contributed by atoms with van der Waals surface area (Å²) < 4.78 is 0. The minimum absolute atomic E-state index is 0.0319. The van der Waals surface area contributed by atoms with E-state index in [-0.39, 0.29) is 12.5 Å². The van der Waals surface area contributed by atoms with Crippen LogP contribution in [-0.4, -0.2) is 25.0 Å². The van der Waals surface area contributed by atoms with Gasteiger partial charge in [0.2, 0.25) is 5.91 Å². The number of rotatable bonds is 8. The van der Waals surface area contributed by atoms with Gasteiger partial charge in [0.1, 0.15) is 0 Å². The molecule has 3 rings (SSSR count). The molecule has 0 aliphatic heterocycles. The minimum Gasteiger partial charge on any atom is -0.376 e. The molecule has 0 spiro atoms. The molecule has 1 heterocycles. The number of thiophene rings is 1. The van der Waals surface area contributed by atoms with Crippen molar-refractivity contribution in [2.75, 3.05) is 18.4 Å². The highest BCUT2D eigenvalue weighted by Crippen LogP contribution is 2.18. The van der Waals surface area contributed by atoms with Gasteiger partial charge in [-0.25, -0.2) is 4.79 Å². The van der Waals surface area contributed by atoms with Gasteiger partial charge >= 0.3 is 6.03 Å². The molecule has 3 aromatic rings. The number of carbonyl (C=O) groups is 2. The van der Waals surface area contributed by atoms with E-state index in [0.717, 1.165) is 24.1 Å². The first-order valence-electron chi connectivity index (χ1n) is 9.16. The van der Waals surface area contributed by atoms with E-state index in [1.165, 1.54) is 10.4 Å². The average molecular weight is 394 g/mol. The number of carbonyl (C=O) groups excluding carboxylic acids is 2. The van der Waals surface area contributed by atoms with Crippen LogP contribution in [-0.2, 0) is 17.6 Å². The van der Waals surface area contributed by atoms with Crippen molar-refractivity contribution in [1.29, 1.82) is 0 Å². The molecule has 0 saturated heterocycles. The van der Waals surface area contributed by atoms with Crippen molar-refractivity contribution in [3.8, 4) is 0 Å². The van der Waals surface area contributed by atoms with Crippen molar-refractivity contribution in [3.63, 3.8) is 0 Å². The normalized spacial score (nSPS) is 10.3. The number of para-hydroxylation sites is 1. The molecule has 28 heavy (non-hydrogen) atoms. The van der Waals surface area contributed by atoms with Crippen LogP contribution in [0.1, 0.15) is 16.0 Å². The fourth-order valence-corrected chi connectivity index (χ4v) is 3.52. The van der Waals surface area contributed by atoms with Gasteiger partial charge < -0.3 is 10.6 Å². The second-order valence-electron chi connectivity index (χ2n) is 6.31. The zero-order valence-corrected chi connectivity index (χ0v) is 16.3. The second kappa shape index (κ2) is 10.3. The molecule has 0 aliphatic carbocycles. The van der Waals surface area contributed by atoms with Crippen molar-refractivity contribution in [1.82, 2.24) is 10.6 Å². The maximum Gasteiger partial charge on any atom is 0.321 e. The van der Waals surface area contributed by atoms with Crippen LogP contribution in [0.3, 0.4) is 0 Å². The molecule has 1 aromatic heterocycles. The number of urea groups is 1. The molecule has 0 radical (unpaired) electrons. The quantitative estimate of drug-likeness (QED) is 0.545. The van der Waals surface area contributed by atoms with Crippen molar-refractivity contribution < 1.29 is 9.59 Å². The maximum atomic E-state index is 12.1. The summed E-state index contributed by atoms with van der Waals surface area (Å²) in [6.07, 6.45) is 1.53. The van der Waals surface area contributed by atoms with Crippen LogP contribution in [0.15, 0.2) is 72.1 Å². The third kappa shape index (κ3) is 6.25.